The van der Waals surface area contributed by atoms with E-state index in [1.807, 2.05) is 5.32 Å². The number of pyridine rings is 1. The molecule has 0 radical (unpaired) electrons. The van der Waals surface area contributed by atoms with E-state index in [-0.39, 0.29) is 5.69 Å². The summed E-state index contributed by atoms with van der Waals surface area (Å²) < 4.78 is 34.6. The second kappa shape index (κ2) is 8.20. The summed E-state index contributed by atoms with van der Waals surface area (Å²) in [5.41, 5.74) is 1.01. The Morgan fingerprint density at radius 2 is 1.74 bits per heavy atom. The van der Waals surface area contributed by atoms with Gasteiger partial charge in [0.1, 0.15) is 28.8 Å². The SMILES string of the molecule is COc1ccc(-c2cc3ccccn3c2C(=O)C(=O)Nc2c(F)cccc2F)cc1Cl. The van der Waals surface area contributed by atoms with Crippen molar-refractivity contribution in [3.63, 3.8) is 0 Å². The zero-order valence-electron chi connectivity index (χ0n) is 16.2. The number of anilines is 1. The number of methoxy groups -OCH3 is 1. The van der Waals surface area contributed by atoms with Gasteiger partial charge in [0.2, 0.25) is 0 Å². The normalized spacial score (nSPS) is 10.8. The average molecular weight is 441 g/mol. The molecule has 0 atom stereocenters. The maximum Gasteiger partial charge on any atom is 0.298 e. The van der Waals surface area contributed by atoms with Crippen LogP contribution in [0, 0.1) is 11.6 Å². The van der Waals surface area contributed by atoms with E-state index in [0.29, 0.717) is 27.4 Å². The van der Waals surface area contributed by atoms with Crippen molar-refractivity contribution in [2.24, 2.45) is 0 Å². The Balaban J connectivity index is 1.81. The van der Waals surface area contributed by atoms with Crippen molar-refractivity contribution >= 4 is 34.5 Å². The Hall–Kier alpha value is -3.71. The van der Waals surface area contributed by atoms with Gasteiger partial charge >= 0.3 is 0 Å². The first kappa shape index (κ1) is 20.6. The Labute approximate surface area is 180 Å². The number of benzene rings is 2. The number of para-hydroxylation sites is 1. The van der Waals surface area contributed by atoms with E-state index < -0.39 is 29.0 Å². The van der Waals surface area contributed by atoms with Gasteiger partial charge in [-0.2, -0.15) is 0 Å². The molecular formula is C23H15ClF2N2O3. The van der Waals surface area contributed by atoms with Crippen molar-refractivity contribution in [3.05, 3.63) is 89.2 Å². The van der Waals surface area contributed by atoms with Crippen LogP contribution in [-0.4, -0.2) is 23.2 Å². The lowest BCUT2D eigenvalue weighted by atomic mass is 10.0. The number of nitrogens with one attached hydrogen (secondary N) is 1. The fourth-order valence-electron chi connectivity index (χ4n) is 3.30. The van der Waals surface area contributed by atoms with E-state index in [4.69, 9.17) is 16.3 Å². The average Bonchev–Trinajstić information content (AvgIpc) is 3.15. The van der Waals surface area contributed by atoms with E-state index in [0.717, 1.165) is 18.2 Å². The van der Waals surface area contributed by atoms with Crippen molar-refractivity contribution in [2.45, 2.75) is 0 Å². The Bertz CT molecular complexity index is 1310. The predicted octanol–water partition coefficient (Wildman–Crippen LogP) is 5.37. The molecule has 2 aromatic heterocycles. The van der Waals surface area contributed by atoms with Crippen molar-refractivity contribution in [2.75, 3.05) is 12.4 Å². The van der Waals surface area contributed by atoms with Gasteiger partial charge in [-0.25, -0.2) is 8.78 Å². The maximum atomic E-state index is 13.9. The standard InChI is InChI=1S/C23H15ClF2N2O3/c1-31-19-9-8-13(11-16(19)24)15-12-14-5-2-3-10-28(14)21(15)22(29)23(30)27-20-17(25)6-4-7-18(20)26/h2-12H,1H3,(H,27,30). The number of halogens is 3. The van der Waals surface area contributed by atoms with Gasteiger partial charge in [0, 0.05) is 17.3 Å². The second-order valence-electron chi connectivity index (χ2n) is 6.63. The molecule has 5 nitrogen and oxygen atoms in total. The van der Waals surface area contributed by atoms with E-state index in [9.17, 15) is 18.4 Å². The molecule has 8 heteroatoms. The number of aromatic nitrogens is 1. The third kappa shape index (κ3) is 3.75. The zero-order valence-corrected chi connectivity index (χ0v) is 16.9. The highest BCUT2D eigenvalue weighted by atomic mass is 35.5. The first-order valence-corrected chi connectivity index (χ1v) is 9.52. The number of carbonyl (C=O) groups excluding carboxylic acids is 2. The lowest BCUT2D eigenvalue weighted by Gasteiger charge is -2.10. The quantitative estimate of drug-likeness (QED) is 0.335. The fraction of sp³-hybridized carbons (Fsp3) is 0.0435. The van der Waals surface area contributed by atoms with Crippen LogP contribution in [0.5, 0.6) is 5.75 Å². The number of hydrogen-bond acceptors (Lipinski definition) is 3. The van der Waals surface area contributed by atoms with Crippen LogP contribution in [-0.2, 0) is 4.79 Å². The smallest absolute Gasteiger partial charge is 0.298 e. The van der Waals surface area contributed by atoms with E-state index in [1.54, 1.807) is 48.7 Å². The summed E-state index contributed by atoms with van der Waals surface area (Å²) in [5.74, 6) is -3.65. The molecule has 0 spiro atoms. The molecule has 156 valence electrons. The highest BCUT2D eigenvalue weighted by Crippen LogP contribution is 2.34. The summed E-state index contributed by atoms with van der Waals surface area (Å²) in [5, 5.41) is 2.37. The monoisotopic (exact) mass is 440 g/mol. The molecule has 0 fully saturated rings. The predicted molar refractivity (Wildman–Crippen MR) is 114 cm³/mol. The number of Topliss-reactive ketones (excluding diaryl/α,β-unsaturated/α-hetero) is 1. The van der Waals surface area contributed by atoms with Crippen LogP contribution in [0.15, 0.2) is 66.9 Å². The minimum atomic E-state index is -1.17. The highest BCUT2D eigenvalue weighted by Gasteiger charge is 2.26. The van der Waals surface area contributed by atoms with Gasteiger partial charge in [0.05, 0.1) is 12.1 Å². The van der Waals surface area contributed by atoms with Crippen LogP contribution in [0.1, 0.15) is 10.5 Å². The Morgan fingerprint density at radius 3 is 2.42 bits per heavy atom. The molecule has 31 heavy (non-hydrogen) atoms. The Kier molecular flexibility index (Phi) is 5.44. The summed E-state index contributed by atoms with van der Waals surface area (Å²) in [7, 11) is 1.48. The first-order chi connectivity index (χ1) is 14.9. The minimum Gasteiger partial charge on any atom is -0.495 e. The molecule has 0 aliphatic rings. The molecule has 2 aromatic carbocycles. The fourth-order valence-corrected chi connectivity index (χ4v) is 3.56. The summed E-state index contributed by atoms with van der Waals surface area (Å²) in [6.45, 7) is 0. The topological polar surface area (TPSA) is 59.8 Å². The van der Waals surface area contributed by atoms with Crippen molar-refractivity contribution in [1.82, 2.24) is 4.40 Å². The molecule has 4 aromatic rings. The van der Waals surface area contributed by atoms with Crippen LogP contribution < -0.4 is 10.1 Å². The number of nitrogens with zero attached hydrogens (tertiary/aromatic N) is 1. The van der Waals surface area contributed by atoms with Crippen LogP contribution >= 0.6 is 11.6 Å². The van der Waals surface area contributed by atoms with Gasteiger partial charge in [0.15, 0.2) is 0 Å². The van der Waals surface area contributed by atoms with Crippen LogP contribution in [0.4, 0.5) is 14.5 Å². The molecule has 0 unspecified atom stereocenters. The molecule has 0 saturated carbocycles. The van der Waals surface area contributed by atoms with Gasteiger partial charge < -0.3 is 14.5 Å². The number of ketones is 1. The number of rotatable bonds is 5. The van der Waals surface area contributed by atoms with Crippen LogP contribution in [0.2, 0.25) is 5.02 Å². The third-order valence-electron chi connectivity index (χ3n) is 4.77. The van der Waals surface area contributed by atoms with Crippen LogP contribution in [0.25, 0.3) is 16.6 Å². The molecule has 0 saturated heterocycles. The number of hydrogen-bond donors (Lipinski definition) is 1. The lowest BCUT2D eigenvalue weighted by Crippen LogP contribution is -2.25. The largest absolute Gasteiger partial charge is 0.495 e. The van der Waals surface area contributed by atoms with E-state index in [2.05, 4.69) is 0 Å². The minimum absolute atomic E-state index is 0.0334. The van der Waals surface area contributed by atoms with Crippen molar-refractivity contribution in [3.8, 4) is 16.9 Å². The number of amides is 1. The zero-order chi connectivity index (χ0) is 22.1. The van der Waals surface area contributed by atoms with Crippen molar-refractivity contribution < 1.29 is 23.1 Å². The van der Waals surface area contributed by atoms with Gasteiger partial charge in [-0.15, -0.1) is 0 Å². The summed E-state index contributed by atoms with van der Waals surface area (Å²) >= 11 is 6.24. The number of carbonyl (C=O) groups is 2. The molecule has 4 rings (SSSR count). The molecule has 1 N–H and O–H groups in total. The highest BCUT2D eigenvalue weighted by molar-refractivity contribution is 6.47. The molecular weight excluding hydrogens is 426 g/mol. The Morgan fingerprint density at radius 1 is 1.00 bits per heavy atom. The lowest BCUT2D eigenvalue weighted by molar-refractivity contribution is -0.112. The molecule has 0 bridgehead atoms. The van der Waals surface area contributed by atoms with E-state index >= 15 is 0 Å². The van der Waals surface area contributed by atoms with Gasteiger partial charge in [-0.05, 0) is 48.0 Å². The van der Waals surface area contributed by atoms with E-state index in [1.165, 1.54) is 11.5 Å². The van der Waals surface area contributed by atoms with Gasteiger partial charge in [-0.3, -0.25) is 9.59 Å². The molecule has 0 aliphatic carbocycles. The molecule has 2 heterocycles. The number of fused-ring (bicyclic) bond motifs is 1. The number of ether oxygens (including phenoxy) is 1. The second-order valence-corrected chi connectivity index (χ2v) is 7.04. The first-order valence-electron chi connectivity index (χ1n) is 9.14. The van der Waals surface area contributed by atoms with Crippen LogP contribution in [0.3, 0.4) is 0 Å². The summed E-state index contributed by atoms with van der Waals surface area (Å²) in [4.78, 5) is 25.8. The molecule has 0 aliphatic heterocycles. The van der Waals surface area contributed by atoms with Gasteiger partial charge in [0.25, 0.3) is 11.7 Å². The molecule has 1 amide bonds. The van der Waals surface area contributed by atoms with Crippen molar-refractivity contribution in [1.29, 1.82) is 0 Å². The maximum absolute atomic E-state index is 13.9. The summed E-state index contributed by atoms with van der Waals surface area (Å²) in [6.07, 6.45) is 1.62. The van der Waals surface area contributed by atoms with Gasteiger partial charge in [-0.1, -0.05) is 29.8 Å². The third-order valence-corrected chi connectivity index (χ3v) is 5.06. The summed E-state index contributed by atoms with van der Waals surface area (Å²) in [6, 6.07) is 15.1.